The predicted octanol–water partition coefficient (Wildman–Crippen LogP) is 1.38. The third-order valence-electron chi connectivity index (χ3n) is 3.15. The molecule has 20 heavy (non-hydrogen) atoms. The molecule has 0 amide bonds. The van der Waals surface area contributed by atoms with E-state index in [9.17, 15) is 19.8 Å². The van der Waals surface area contributed by atoms with Crippen LogP contribution in [0.3, 0.4) is 0 Å². The number of benzene rings is 1. The number of hydrogen-bond acceptors (Lipinski definition) is 2. The fraction of sp³-hybridized carbons (Fsp3) is 0.429. The molecule has 4 nitrogen and oxygen atoms in total. The number of unbranched alkanes of at least 4 members (excludes halogenated alkanes) is 2. The summed E-state index contributed by atoms with van der Waals surface area (Å²) in [5.74, 6) is -2.59. The maximum absolute atomic E-state index is 11.5. The van der Waals surface area contributed by atoms with Gasteiger partial charge < -0.3 is 10.2 Å². The zero-order valence-electron chi connectivity index (χ0n) is 10.4. The SMILES string of the molecule is CCCCCC(C(=O)O)(C(=O)O)c1ccccc1.[KH].[LiH]. The molecule has 0 atom stereocenters. The van der Waals surface area contributed by atoms with E-state index < -0.39 is 17.4 Å². The molecule has 0 aliphatic carbocycles. The van der Waals surface area contributed by atoms with E-state index >= 15 is 0 Å². The first kappa shape index (κ1) is 22.7. The van der Waals surface area contributed by atoms with Crippen molar-refractivity contribution in [3.8, 4) is 0 Å². The van der Waals surface area contributed by atoms with Crippen LogP contribution in [-0.4, -0.2) is 92.4 Å². The van der Waals surface area contributed by atoms with Gasteiger partial charge in [0.25, 0.3) is 0 Å². The molecule has 0 saturated carbocycles. The predicted molar refractivity (Wildman–Crippen MR) is 81.8 cm³/mol. The monoisotopic (exact) mass is 298 g/mol. The number of carboxylic acid groups (broad SMARTS) is 2. The van der Waals surface area contributed by atoms with Crippen molar-refractivity contribution in [2.24, 2.45) is 0 Å². The summed E-state index contributed by atoms with van der Waals surface area (Å²) < 4.78 is 0. The van der Waals surface area contributed by atoms with Crippen molar-refractivity contribution >= 4 is 82.2 Å². The molecule has 0 heterocycles. The van der Waals surface area contributed by atoms with Gasteiger partial charge in [-0.2, -0.15) is 0 Å². The summed E-state index contributed by atoms with van der Waals surface area (Å²) in [4.78, 5) is 23.0. The van der Waals surface area contributed by atoms with Gasteiger partial charge >= 0.3 is 82.2 Å². The maximum atomic E-state index is 11.5. The van der Waals surface area contributed by atoms with Gasteiger partial charge in [-0.05, 0) is 12.0 Å². The molecule has 6 heteroatoms. The van der Waals surface area contributed by atoms with Crippen molar-refractivity contribution in [2.45, 2.75) is 38.0 Å². The Morgan fingerprint density at radius 2 is 1.55 bits per heavy atom. The molecule has 0 aliphatic rings. The first-order chi connectivity index (χ1) is 8.55. The zero-order chi connectivity index (χ0) is 13.6. The van der Waals surface area contributed by atoms with Crippen LogP contribution in [0.2, 0.25) is 0 Å². The molecule has 102 valence electrons. The van der Waals surface area contributed by atoms with Crippen molar-refractivity contribution < 1.29 is 19.8 Å². The van der Waals surface area contributed by atoms with Gasteiger partial charge in [0.05, 0.1) is 0 Å². The van der Waals surface area contributed by atoms with Crippen LogP contribution in [0.25, 0.3) is 0 Å². The Hall–Kier alpha value is 0.394. The first-order valence-corrected chi connectivity index (χ1v) is 6.08. The van der Waals surface area contributed by atoms with Gasteiger partial charge in [-0.1, -0.05) is 56.5 Å². The van der Waals surface area contributed by atoms with Crippen molar-refractivity contribution in [3.63, 3.8) is 0 Å². The Labute approximate surface area is 173 Å². The molecule has 1 aromatic rings. The molecule has 0 unspecified atom stereocenters. The molecule has 0 fully saturated rings. The van der Waals surface area contributed by atoms with Crippen molar-refractivity contribution in [1.82, 2.24) is 0 Å². The fourth-order valence-corrected chi connectivity index (χ4v) is 2.06. The normalized spacial score (nSPS) is 10.1. The van der Waals surface area contributed by atoms with Gasteiger partial charge in [0.1, 0.15) is 0 Å². The third-order valence-corrected chi connectivity index (χ3v) is 3.15. The van der Waals surface area contributed by atoms with Gasteiger partial charge in [0.15, 0.2) is 5.41 Å². The molecule has 0 saturated heterocycles. The number of carbonyl (C=O) groups is 2. The van der Waals surface area contributed by atoms with Gasteiger partial charge in [-0.15, -0.1) is 0 Å². The average Bonchev–Trinajstić information content (AvgIpc) is 2.35. The second-order valence-electron chi connectivity index (χ2n) is 4.34. The van der Waals surface area contributed by atoms with Crippen LogP contribution < -0.4 is 0 Å². The third kappa shape index (κ3) is 5.30. The average molecular weight is 298 g/mol. The van der Waals surface area contributed by atoms with Gasteiger partial charge in [-0.3, -0.25) is 9.59 Å². The Morgan fingerprint density at radius 3 is 1.95 bits per heavy atom. The molecule has 0 radical (unpaired) electrons. The number of carboxylic acids is 2. The Balaban J connectivity index is 0. The summed E-state index contributed by atoms with van der Waals surface area (Å²) >= 11 is 0. The molecule has 0 aliphatic heterocycles. The van der Waals surface area contributed by atoms with Crippen LogP contribution in [0.15, 0.2) is 30.3 Å². The van der Waals surface area contributed by atoms with E-state index in [0.717, 1.165) is 12.8 Å². The summed E-state index contributed by atoms with van der Waals surface area (Å²) in [6, 6.07) is 8.19. The molecule has 1 aromatic carbocycles. The van der Waals surface area contributed by atoms with E-state index in [4.69, 9.17) is 0 Å². The number of aliphatic carboxylic acids is 2. The van der Waals surface area contributed by atoms with E-state index in [1.165, 1.54) is 0 Å². The van der Waals surface area contributed by atoms with Crippen LogP contribution in [-0.2, 0) is 15.0 Å². The fourth-order valence-electron chi connectivity index (χ4n) is 2.06. The summed E-state index contributed by atoms with van der Waals surface area (Å²) in [6.45, 7) is 1.99. The molecule has 1 rings (SSSR count). The molecular weight excluding hydrogens is 278 g/mol. The number of rotatable bonds is 7. The minimum atomic E-state index is -1.82. The zero-order valence-corrected chi connectivity index (χ0v) is 10.4. The van der Waals surface area contributed by atoms with Crippen LogP contribution >= 0.6 is 0 Å². The first-order valence-electron chi connectivity index (χ1n) is 6.08. The van der Waals surface area contributed by atoms with E-state index in [2.05, 4.69) is 0 Å². The van der Waals surface area contributed by atoms with Crippen LogP contribution in [0.5, 0.6) is 0 Å². The van der Waals surface area contributed by atoms with Crippen LogP contribution in [0.1, 0.15) is 38.2 Å². The minimum absolute atomic E-state index is 0. The summed E-state index contributed by atoms with van der Waals surface area (Å²) in [5.41, 5.74) is -1.49. The van der Waals surface area contributed by atoms with Crippen LogP contribution in [0, 0.1) is 0 Å². The van der Waals surface area contributed by atoms with Crippen molar-refractivity contribution in [3.05, 3.63) is 35.9 Å². The van der Waals surface area contributed by atoms with Crippen molar-refractivity contribution in [2.75, 3.05) is 0 Å². The second-order valence-corrected chi connectivity index (χ2v) is 4.34. The van der Waals surface area contributed by atoms with E-state index in [1.54, 1.807) is 30.3 Å². The molecule has 0 aromatic heterocycles. The summed E-state index contributed by atoms with van der Waals surface area (Å²) in [6.07, 6.45) is 2.46. The standard InChI is InChI=1S/C14H18O4.K.Li.2H/c1-2-3-7-10-14(12(15)16,13(17)18)11-8-5-4-6-9-11;;;;/h4-6,8-9H,2-3,7,10H2,1H3,(H,15,16)(H,17,18);;;;. The quantitative estimate of drug-likeness (QED) is 0.453. The summed E-state index contributed by atoms with van der Waals surface area (Å²) in [7, 11) is 0. The molecule has 2 N–H and O–H groups in total. The molecule has 0 bridgehead atoms. The second kappa shape index (κ2) is 11.0. The summed E-state index contributed by atoms with van der Waals surface area (Å²) in [5, 5.41) is 18.7. The Kier molecular flexibility index (Phi) is 12.5. The molecular formula is C14H20KLiO4. The van der Waals surface area contributed by atoms with Gasteiger partial charge in [0.2, 0.25) is 0 Å². The Bertz CT molecular complexity index is 408. The molecule has 0 spiro atoms. The van der Waals surface area contributed by atoms with Gasteiger partial charge in [0, 0.05) is 0 Å². The van der Waals surface area contributed by atoms with Gasteiger partial charge in [-0.25, -0.2) is 0 Å². The van der Waals surface area contributed by atoms with Crippen molar-refractivity contribution in [1.29, 1.82) is 0 Å². The number of hydrogen-bond donors (Lipinski definition) is 2. The van der Waals surface area contributed by atoms with E-state index in [-0.39, 0.29) is 76.7 Å². The van der Waals surface area contributed by atoms with Crippen LogP contribution in [0.4, 0.5) is 0 Å². The van der Waals surface area contributed by atoms with E-state index in [0.29, 0.717) is 12.0 Å². The topological polar surface area (TPSA) is 74.6 Å². The Morgan fingerprint density at radius 1 is 1.05 bits per heavy atom. The van der Waals surface area contributed by atoms with E-state index in [1.807, 2.05) is 6.92 Å².